The molecule has 0 aliphatic heterocycles. The van der Waals surface area contributed by atoms with Gasteiger partial charge in [0.15, 0.2) is 5.82 Å². The third-order valence-electron chi connectivity index (χ3n) is 2.52. The van der Waals surface area contributed by atoms with E-state index in [1.165, 1.54) is 0 Å². The largest absolute Gasteiger partial charge is 0.365 e. The number of rotatable bonds is 5. The van der Waals surface area contributed by atoms with Crippen LogP contribution in [-0.4, -0.2) is 32.2 Å². The summed E-state index contributed by atoms with van der Waals surface area (Å²) in [5.74, 6) is 1.33. The first-order chi connectivity index (χ1) is 8.16. The van der Waals surface area contributed by atoms with Gasteiger partial charge in [-0.15, -0.1) is 10.2 Å². The van der Waals surface area contributed by atoms with Crippen LogP contribution in [0.15, 0.2) is 18.7 Å². The lowest BCUT2D eigenvalue weighted by Crippen LogP contribution is -2.30. The lowest BCUT2D eigenvalue weighted by atomic mass is 10.0. The summed E-state index contributed by atoms with van der Waals surface area (Å²) in [4.78, 5) is 4.24. The number of hydrogen-bond donors (Lipinski definition) is 2. The van der Waals surface area contributed by atoms with Crippen LogP contribution in [0.25, 0.3) is 5.65 Å². The Morgan fingerprint density at radius 2 is 2.29 bits per heavy atom. The van der Waals surface area contributed by atoms with Gasteiger partial charge in [-0.2, -0.15) is 0 Å². The minimum Gasteiger partial charge on any atom is -0.365 e. The van der Waals surface area contributed by atoms with Crippen LogP contribution in [0.1, 0.15) is 20.3 Å². The molecule has 1 atom stereocenters. The predicted octanol–water partition coefficient (Wildman–Crippen LogP) is 0.910. The highest BCUT2D eigenvalue weighted by Gasteiger charge is 2.08. The molecule has 2 aromatic rings. The van der Waals surface area contributed by atoms with Crippen molar-refractivity contribution in [2.45, 2.75) is 26.3 Å². The molecule has 0 radical (unpaired) electrons. The molecule has 0 amide bonds. The summed E-state index contributed by atoms with van der Waals surface area (Å²) < 4.78 is 1.82. The standard InChI is InChI=1S/C11H18N6/c1-8(2)5-9(12)6-14-10-11-16-15-7-17(11)4-3-13-10/h3-4,7-9H,5-6,12H2,1-2H3,(H,13,14). The van der Waals surface area contributed by atoms with Crippen molar-refractivity contribution >= 4 is 11.5 Å². The summed E-state index contributed by atoms with van der Waals surface area (Å²) in [5.41, 5.74) is 6.73. The van der Waals surface area contributed by atoms with Gasteiger partial charge >= 0.3 is 0 Å². The van der Waals surface area contributed by atoms with Gasteiger partial charge in [0, 0.05) is 25.0 Å². The number of fused-ring (bicyclic) bond motifs is 1. The molecular weight excluding hydrogens is 216 g/mol. The zero-order valence-electron chi connectivity index (χ0n) is 10.2. The second kappa shape index (κ2) is 5.09. The van der Waals surface area contributed by atoms with E-state index in [0.29, 0.717) is 12.5 Å². The van der Waals surface area contributed by atoms with E-state index in [-0.39, 0.29) is 6.04 Å². The monoisotopic (exact) mass is 234 g/mol. The number of nitrogens with two attached hydrogens (primary N) is 1. The molecule has 2 heterocycles. The first kappa shape index (κ1) is 11.8. The van der Waals surface area contributed by atoms with Crippen LogP contribution in [0, 0.1) is 5.92 Å². The van der Waals surface area contributed by atoms with Crippen LogP contribution >= 0.6 is 0 Å². The van der Waals surface area contributed by atoms with E-state index in [0.717, 1.165) is 17.9 Å². The van der Waals surface area contributed by atoms with E-state index in [2.05, 4.69) is 34.3 Å². The Labute approximate surface area is 100 Å². The maximum atomic E-state index is 6.01. The number of nitrogens with one attached hydrogen (secondary N) is 1. The fraction of sp³-hybridized carbons (Fsp3) is 0.545. The van der Waals surface area contributed by atoms with Crippen molar-refractivity contribution < 1.29 is 0 Å². The highest BCUT2D eigenvalue weighted by Crippen LogP contribution is 2.10. The Morgan fingerprint density at radius 3 is 3.06 bits per heavy atom. The van der Waals surface area contributed by atoms with Gasteiger partial charge in [-0.05, 0) is 12.3 Å². The number of anilines is 1. The van der Waals surface area contributed by atoms with Gasteiger partial charge in [-0.1, -0.05) is 13.8 Å². The molecule has 0 fully saturated rings. The van der Waals surface area contributed by atoms with E-state index in [9.17, 15) is 0 Å². The molecule has 92 valence electrons. The van der Waals surface area contributed by atoms with Gasteiger partial charge in [0.1, 0.15) is 6.33 Å². The van der Waals surface area contributed by atoms with Crippen molar-refractivity contribution in [1.82, 2.24) is 19.6 Å². The van der Waals surface area contributed by atoms with Crippen molar-refractivity contribution in [3.05, 3.63) is 18.7 Å². The van der Waals surface area contributed by atoms with E-state index >= 15 is 0 Å². The van der Waals surface area contributed by atoms with E-state index < -0.39 is 0 Å². The smallest absolute Gasteiger partial charge is 0.203 e. The van der Waals surface area contributed by atoms with E-state index in [4.69, 9.17) is 5.73 Å². The molecule has 0 aliphatic carbocycles. The molecule has 0 spiro atoms. The Kier molecular flexibility index (Phi) is 3.53. The number of aromatic nitrogens is 4. The molecule has 0 aliphatic rings. The SMILES string of the molecule is CC(C)CC(N)CNc1nccn2cnnc12. The maximum Gasteiger partial charge on any atom is 0.203 e. The summed E-state index contributed by atoms with van der Waals surface area (Å²) in [6, 6.07) is 0.125. The van der Waals surface area contributed by atoms with Crippen molar-refractivity contribution in [3.63, 3.8) is 0 Å². The predicted molar refractivity (Wildman–Crippen MR) is 66.7 cm³/mol. The van der Waals surface area contributed by atoms with Crippen LogP contribution in [0.3, 0.4) is 0 Å². The lowest BCUT2D eigenvalue weighted by molar-refractivity contribution is 0.508. The molecule has 3 N–H and O–H groups in total. The molecular formula is C11H18N6. The molecule has 0 bridgehead atoms. The van der Waals surface area contributed by atoms with Gasteiger partial charge in [-0.3, -0.25) is 4.40 Å². The zero-order valence-corrected chi connectivity index (χ0v) is 10.2. The fourth-order valence-corrected chi connectivity index (χ4v) is 1.80. The molecule has 6 nitrogen and oxygen atoms in total. The van der Waals surface area contributed by atoms with Crippen molar-refractivity contribution in [3.8, 4) is 0 Å². The molecule has 0 saturated heterocycles. The Balaban J connectivity index is 2.01. The maximum absolute atomic E-state index is 6.01. The average Bonchev–Trinajstić information content (AvgIpc) is 2.73. The van der Waals surface area contributed by atoms with Crippen LogP contribution in [0.5, 0.6) is 0 Å². The molecule has 2 rings (SSSR count). The molecule has 1 unspecified atom stereocenters. The Hall–Kier alpha value is -1.69. The molecule has 2 aromatic heterocycles. The van der Waals surface area contributed by atoms with Gasteiger partial charge in [-0.25, -0.2) is 4.98 Å². The Morgan fingerprint density at radius 1 is 1.47 bits per heavy atom. The van der Waals surface area contributed by atoms with Crippen LogP contribution < -0.4 is 11.1 Å². The van der Waals surface area contributed by atoms with Gasteiger partial charge in [0.05, 0.1) is 0 Å². The van der Waals surface area contributed by atoms with Crippen molar-refractivity contribution in [1.29, 1.82) is 0 Å². The van der Waals surface area contributed by atoms with E-state index in [1.807, 2.05) is 10.6 Å². The highest BCUT2D eigenvalue weighted by atomic mass is 15.2. The first-order valence-electron chi connectivity index (χ1n) is 5.80. The summed E-state index contributed by atoms with van der Waals surface area (Å²) in [6.45, 7) is 5.02. The van der Waals surface area contributed by atoms with Crippen LogP contribution in [0.4, 0.5) is 5.82 Å². The summed E-state index contributed by atoms with van der Waals surface area (Å²) in [6.07, 6.45) is 6.17. The highest BCUT2D eigenvalue weighted by molar-refractivity contribution is 5.61. The topological polar surface area (TPSA) is 81.1 Å². The van der Waals surface area contributed by atoms with Crippen molar-refractivity contribution in [2.24, 2.45) is 11.7 Å². The molecule has 0 saturated carbocycles. The Bertz CT molecular complexity index is 478. The molecule has 0 aromatic carbocycles. The molecule has 17 heavy (non-hydrogen) atoms. The number of nitrogens with zero attached hydrogens (tertiary/aromatic N) is 4. The molecule has 6 heteroatoms. The summed E-state index contributed by atoms with van der Waals surface area (Å²) in [5, 5.41) is 11.1. The second-order valence-electron chi connectivity index (χ2n) is 4.61. The van der Waals surface area contributed by atoms with Gasteiger partial charge < -0.3 is 11.1 Å². The zero-order chi connectivity index (χ0) is 12.3. The first-order valence-corrected chi connectivity index (χ1v) is 5.80. The van der Waals surface area contributed by atoms with Gasteiger partial charge in [0.2, 0.25) is 5.65 Å². The fourth-order valence-electron chi connectivity index (χ4n) is 1.80. The third kappa shape index (κ3) is 2.91. The normalized spacial score (nSPS) is 13.2. The lowest BCUT2D eigenvalue weighted by Gasteiger charge is -2.15. The minimum atomic E-state index is 0.125. The minimum absolute atomic E-state index is 0.125. The quantitative estimate of drug-likeness (QED) is 0.803. The summed E-state index contributed by atoms with van der Waals surface area (Å²) in [7, 11) is 0. The van der Waals surface area contributed by atoms with Crippen LogP contribution in [0.2, 0.25) is 0 Å². The van der Waals surface area contributed by atoms with Gasteiger partial charge in [0.25, 0.3) is 0 Å². The summed E-state index contributed by atoms with van der Waals surface area (Å²) >= 11 is 0. The third-order valence-corrected chi connectivity index (χ3v) is 2.52. The average molecular weight is 234 g/mol. The van der Waals surface area contributed by atoms with Crippen LogP contribution in [-0.2, 0) is 0 Å². The number of hydrogen-bond acceptors (Lipinski definition) is 5. The van der Waals surface area contributed by atoms with Crippen molar-refractivity contribution in [2.75, 3.05) is 11.9 Å². The van der Waals surface area contributed by atoms with E-state index in [1.54, 1.807) is 12.5 Å². The second-order valence-corrected chi connectivity index (χ2v) is 4.61.